The molecule has 1 rings (SSSR count). The predicted octanol–water partition coefficient (Wildman–Crippen LogP) is 2.10. The summed E-state index contributed by atoms with van der Waals surface area (Å²) in [6.45, 7) is 4.35. The second-order valence-electron chi connectivity index (χ2n) is 4.20. The minimum absolute atomic E-state index is 0.00829. The fraction of sp³-hybridized carbons (Fsp3) is 0.357. The SMILES string of the molecule is C#CCCNC(=O)C(C)(C)c1ccccc1. The minimum atomic E-state index is -0.518. The molecule has 0 aliphatic rings. The molecule has 1 N–H and O–H groups in total. The zero-order chi connectivity index (χ0) is 12.0. The molecule has 2 nitrogen and oxygen atoms in total. The number of hydrogen-bond acceptors (Lipinski definition) is 1. The molecule has 1 amide bonds. The van der Waals surface area contributed by atoms with E-state index in [1.807, 2.05) is 44.2 Å². The van der Waals surface area contributed by atoms with Crippen LogP contribution in [-0.2, 0) is 10.2 Å². The van der Waals surface area contributed by atoms with Gasteiger partial charge in [-0.2, -0.15) is 0 Å². The molecule has 1 aromatic rings. The number of benzene rings is 1. The molecular weight excluding hydrogens is 198 g/mol. The van der Waals surface area contributed by atoms with Crippen LogP contribution in [-0.4, -0.2) is 12.5 Å². The average Bonchev–Trinajstić information content (AvgIpc) is 2.30. The van der Waals surface area contributed by atoms with Crippen LogP contribution in [0.2, 0.25) is 0 Å². The standard InChI is InChI=1S/C14H17NO/c1-4-5-11-15-13(16)14(2,3)12-9-7-6-8-10-12/h1,6-10H,5,11H2,2-3H3,(H,15,16). The van der Waals surface area contributed by atoms with Gasteiger partial charge in [0, 0.05) is 13.0 Å². The molecule has 0 fully saturated rings. The first-order valence-electron chi connectivity index (χ1n) is 5.36. The van der Waals surface area contributed by atoms with Crippen molar-refractivity contribution in [3.8, 4) is 12.3 Å². The van der Waals surface area contributed by atoms with E-state index in [4.69, 9.17) is 6.42 Å². The van der Waals surface area contributed by atoms with Gasteiger partial charge in [0.2, 0.25) is 5.91 Å². The summed E-state index contributed by atoms with van der Waals surface area (Å²) >= 11 is 0. The first-order valence-corrected chi connectivity index (χ1v) is 5.36. The van der Waals surface area contributed by atoms with Crippen LogP contribution in [0.3, 0.4) is 0 Å². The molecule has 0 bridgehead atoms. The van der Waals surface area contributed by atoms with Gasteiger partial charge < -0.3 is 5.32 Å². The molecule has 0 aliphatic carbocycles. The van der Waals surface area contributed by atoms with Crippen molar-refractivity contribution >= 4 is 5.91 Å². The summed E-state index contributed by atoms with van der Waals surface area (Å²) in [7, 11) is 0. The van der Waals surface area contributed by atoms with Gasteiger partial charge in [0.25, 0.3) is 0 Å². The van der Waals surface area contributed by atoms with Crippen molar-refractivity contribution in [3.63, 3.8) is 0 Å². The maximum atomic E-state index is 12.0. The lowest BCUT2D eigenvalue weighted by atomic mass is 9.84. The molecule has 0 spiro atoms. The molecule has 0 unspecified atom stereocenters. The number of carbonyl (C=O) groups excluding carboxylic acids is 1. The average molecular weight is 215 g/mol. The third kappa shape index (κ3) is 2.87. The van der Waals surface area contributed by atoms with E-state index < -0.39 is 5.41 Å². The summed E-state index contributed by atoms with van der Waals surface area (Å²) in [6, 6.07) is 9.73. The summed E-state index contributed by atoms with van der Waals surface area (Å²) in [6.07, 6.45) is 5.70. The van der Waals surface area contributed by atoms with Crippen molar-refractivity contribution in [2.24, 2.45) is 0 Å². The van der Waals surface area contributed by atoms with Crippen molar-refractivity contribution in [2.45, 2.75) is 25.7 Å². The van der Waals surface area contributed by atoms with Crippen LogP contribution in [0.25, 0.3) is 0 Å². The lowest BCUT2D eigenvalue weighted by Crippen LogP contribution is -2.40. The fourth-order valence-corrected chi connectivity index (χ4v) is 1.46. The number of hydrogen-bond donors (Lipinski definition) is 1. The fourth-order valence-electron chi connectivity index (χ4n) is 1.46. The van der Waals surface area contributed by atoms with E-state index in [9.17, 15) is 4.79 Å². The molecule has 0 aliphatic heterocycles. The Morgan fingerprint density at radius 2 is 2.00 bits per heavy atom. The van der Waals surface area contributed by atoms with Crippen molar-refractivity contribution in [1.29, 1.82) is 0 Å². The molecule has 0 saturated heterocycles. The number of rotatable bonds is 4. The predicted molar refractivity (Wildman–Crippen MR) is 65.9 cm³/mol. The summed E-state index contributed by atoms with van der Waals surface area (Å²) in [4.78, 5) is 12.0. The van der Waals surface area contributed by atoms with Crippen molar-refractivity contribution in [1.82, 2.24) is 5.32 Å². The van der Waals surface area contributed by atoms with E-state index in [1.54, 1.807) is 0 Å². The molecule has 0 saturated carbocycles. The molecular formula is C14H17NO. The van der Waals surface area contributed by atoms with Crippen LogP contribution in [0.1, 0.15) is 25.8 Å². The van der Waals surface area contributed by atoms with E-state index >= 15 is 0 Å². The number of carbonyl (C=O) groups is 1. The Kier molecular flexibility index (Phi) is 4.13. The van der Waals surface area contributed by atoms with Gasteiger partial charge in [0.05, 0.1) is 5.41 Å². The molecule has 0 radical (unpaired) electrons. The third-order valence-corrected chi connectivity index (χ3v) is 2.62. The maximum absolute atomic E-state index is 12.0. The molecule has 2 heteroatoms. The summed E-state index contributed by atoms with van der Waals surface area (Å²) in [5.74, 6) is 2.51. The van der Waals surface area contributed by atoms with Gasteiger partial charge in [-0.15, -0.1) is 12.3 Å². The van der Waals surface area contributed by atoms with E-state index in [2.05, 4.69) is 11.2 Å². The molecule has 1 aromatic carbocycles. The van der Waals surface area contributed by atoms with Crippen LogP contribution < -0.4 is 5.32 Å². The molecule has 0 atom stereocenters. The Morgan fingerprint density at radius 1 is 1.38 bits per heavy atom. The second-order valence-corrected chi connectivity index (χ2v) is 4.20. The second kappa shape index (κ2) is 5.37. The third-order valence-electron chi connectivity index (χ3n) is 2.62. The Bertz CT molecular complexity index is 387. The molecule has 0 aromatic heterocycles. The van der Waals surface area contributed by atoms with Gasteiger partial charge in [0.1, 0.15) is 0 Å². The zero-order valence-electron chi connectivity index (χ0n) is 9.79. The van der Waals surface area contributed by atoms with Crippen molar-refractivity contribution in [3.05, 3.63) is 35.9 Å². The van der Waals surface area contributed by atoms with E-state index in [0.29, 0.717) is 13.0 Å². The highest BCUT2D eigenvalue weighted by Crippen LogP contribution is 2.22. The first-order chi connectivity index (χ1) is 7.59. The molecule has 0 heterocycles. The van der Waals surface area contributed by atoms with E-state index in [-0.39, 0.29) is 5.91 Å². The van der Waals surface area contributed by atoms with Crippen LogP contribution in [0, 0.1) is 12.3 Å². The number of terminal acetylenes is 1. The van der Waals surface area contributed by atoms with Gasteiger partial charge in [0.15, 0.2) is 0 Å². The monoisotopic (exact) mass is 215 g/mol. The summed E-state index contributed by atoms with van der Waals surface area (Å²) < 4.78 is 0. The van der Waals surface area contributed by atoms with Gasteiger partial charge in [-0.25, -0.2) is 0 Å². The molecule has 84 valence electrons. The highest BCUT2D eigenvalue weighted by molar-refractivity contribution is 5.87. The number of nitrogens with one attached hydrogen (secondary N) is 1. The Labute approximate surface area is 97.1 Å². The summed E-state index contributed by atoms with van der Waals surface area (Å²) in [5, 5.41) is 2.84. The highest BCUT2D eigenvalue weighted by atomic mass is 16.2. The normalized spacial score (nSPS) is 10.6. The van der Waals surface area contributed by atoms with Crippen molar-refractivity contribution in [2.75, 3.05) is 6.54 Å². The smallest absolute Gasteiger partial charge is 0.230 e. The largest absolute Gasteiger partial charge is 0.354 e. The van der Waals surface area contributed by atoms with E-state index in [1.165, 1.54) is 0 Å². The Hall–Kier alpha value is -1.75. The number of amides is 1. The first kappa shape index (κ1) is 12.3. The highest BCUT2D eigenvalue weighted by Gasteiger charge is 2.28. The van der Waals surface area contributed by atoms with Gasteiger partial charge in [-0.05, 0) is 19.4 Å². The molecule has 16 heavy (non-hydrogen) atoms. The van der Waals surface area contributed by atoms with E-state index in [0.717, 1.165) is 5.56 Å². The van der Waals surface area contributed by atoms with Gasteiger partial charge in [-0.3, -0.25) is 4.79 Å². The van der Waals surface area contributed by atoms with Crippen LogP contribution >= 0.6 is 0 Å². The van der Waals surface area contributed by atoms with Gasteiger partial charge >= 0.3 is 0 Å². The van der Waals surface area contributed by atoms with Gasteiger partial charge in [-0.1, -0.05) is 30.3 Å². The van der Waals surface area contributed by atoms with Crippen LogP contribution in [0.15, 0.2) is 30.3 Å². The summed E-state index contributed by atoms with van der Waals surface area (Å²) in [5.41, 5.74) is 0.490. The van der Waals surface area contributed by atoms with Crippen molar-refractivity contribution < 1.29 is 4.79 Å². The quantitative estimate of drug-likeness (QED) is 0.605. The minimum Gasteiger partial charge on any atom is -0.354 e. The Morgan fingerprint density at radius 3 is 2.56 bits per heavy atom. The lowest BCUT2D eigenvalue weighted by molar-refractivity contribution is -0.125. The van der Waals surface area contributed by atoms with Crippen LogP contribution in [0.4, 0.5) is 0 Å². The van der Waals surface area contributed by atoms with Crippen LogP contribution in [0.5, 0.6) is 0 Å². The lowest BCUT2D eigenvalue weighted by Gasteiger charge is -2.23. The Balaban J connectivity index is 2.71. The zero-order valence-corrected chi connectivity index (χ0v) is 9.79. The maximum Gasteiger partial charge on any atom is 0.230 e. The topological polar surface area (TPSA) is 29.1 Å².